The van der Waals surface area contributed by atoms with Crippen LogP contribution < -0.4 is 9.46 Å². The monoisotopic (exact) mass is 339 g/mol. The van der Waals surface area contributed by atoms with Crippen LogP contribution in [0.5, 0.6) is 5.75 Å². The molecule has 1 aromatic rings. The summed E-state index contributed by atoms with van der Waals surface area (Å²) in [5.74, 6) is -1.55. The van der Waals surface area contributed by atoms with Crippen molar-refractivity contribution in [1.82, 2.24) is 4.72 Å². The topological polar surface area (TPSA) is 64.6 Å². The molecule has 1 aromatic carbocycles. The van der Waals surface area contributed by atoms with Crippen molar-refractivity contribution < 1.29 is 31.1 Å². The summed E-state index contributed by atoms with van der Waals surface area (Å²) >= 11 is 0. The number of hydrogen-bond acceptors (Lipinski definition) is 4. The van der Waals surface area contributed by atoms with Gasteiger partial charge in [-0.15, -0.1) is 0 Å². The van der Waals surface area contributed by atoms with Crippen molar-refractivity contribution in [3.05, 3.63) is 29.6 Å². The van der Waals surface area contributed by atoms with Crippen LogP contribution in [0.15, 0.2) is 18.2 Å². The molecule has 0 aliphatic heterocycles. The van der Waals surface area contributed by atoms with Gasteiger partial charge in [-0.3, -0.25) is 0 Å². The summed E-state index contributed by atoms with van der Waals surface area (Å²) in [5.41, 5.74) is 0.310. The van der Waals surface area contributed by atoms with Crippen LogP contribution in [0.3, 0.4) is 0 Å². The van der Waals surface area contributed by atoms with Gasteiger partial charge < -0.3 is 9.47 Å². The second kappa shape index (κ2) is 6.84. The van der Waals surface area contributed by atoms with E-state index in [0.29, 0.717) is 18.4 Å². The minimum atomic E-state index is -3.51. The molecule has 1 aliphatic rings. The number of methoxy groups -OCH3 is 1. The molecule has 0 spiro atoms. The lowest BCUT2D eigenvalue weighted by atomic mass is 9.95. The first kappa shape index (κ1) is 17.0. The van der Waals surface area contributed by atoms with E-state index in [4.69, 9.17) is 4.74 Å². The minimum Gasteiger partial charge on any atom is -0.432 e. The molecule has 22 heavy (non-hydrogen) atoms. The van der Waals surface area contributed by atoms with Crippen molar-refractivity contribution in [3.8, 4) is 5.75 Å². The smallest absolute Gasteiger partial charge is 0.387 e. The molecule has 1 N–H and O–H groups in total. The third-order valence-electron chi connectivity index (χ3n) is 3.51. The standard InChI is InChI=1S/C13H16F3NO4S/c1-20-9-5-10(6-9)22(18,19)17-7-8-2-3-12(11(14)4-8)21-13(15)16/h2-4,9-10,13,17H,5-7H2,1H3. The maximum Gasteiger partial charge on any atom is 0.387 e. The van der Waals surface area contributed by atoms with Crippen molar-refractivity contribution in [2.45, 2.75) is 37.4 Å². The van der Waals surface area contributed by atoms with E-state index >= 15 is 0 Å². The van der Waals surface area contributed by atoms with Crippen molar-refractivity contribution in [3.63, 3.8) is 0 Å². The lowest BCUT2D eigenvalue weighted by Crippen LogP contribution is -2.45. The van der Waals surface area contributed by atoms with E-state index in [-0.39, 0.29) is 12.6 Å². The third-order valence-corrected chi connectivity index (χ3v) is 5.32. The van der Waals surface area contributed by atoms with Crippen molar-refractivity contribution in [2.75, 3.05) is 7.11 Å². The average molecular weight is 339 g/mol. The number of hydrogen-bond donors (Lipinski definition) is 1. The number of nitrogens with one attached hydrogen (secondary N) is 1. The fourth-order valence-electron chi connectivity index (χ4n) is 2.11. The van der Waals surface area contributed by atoms with E-state index in [1.54, 1.807) is 0 Å². The first-order chi connectivity index (χ1) is 10.3. The number of sulfonamides is 1. The van der Waals surface area contributed by atoms with Gasteiger partial charge in [0, 0.05) is 13.7 Å². The Labute approximate surface area is 126 Å². The Bertz CT molecular complexity index is 618. The Morgan fingerprint density at radius 2 is 2.05 bits per heavy atom. The summed E-state index contributed by atoms with van der Waals surface area (Å²) in [4.78, 5) is 0. The highest BCUT2D eigenvalue weighted by molar-refractivity contribution is 7.90. The number of rotatable bonds is 7. The molecule has 1 saturated carbocycles. The van der Waals surface area contributed by atoms with E-state index in [0.717, 1.165) is 12.1 Å². The van der Waals surface area contributed by atoms with Crippen LogP contribution in [0.4, 0.5) is 13.2 Å². The van der Waals surface area contributed by atoms with Crippen molar-refractivity contribution >= 4 is 10.0 Å². The van der Waals surface area contributed by atoms with E-state index in [2.05, 4.69) is 9.46 Å². The molecule has 0 amide bonds. The summed E-state index contributed by atoms with van der Waals surface area (Å²) in [6.07, 6.45) is 0.785. The van der Waals surface area contributed by atoms with Crippen LogP contribution in [0.25, 0.3) is 0 Å². The molecule has 0 radical (unpaired) electrons. The Kier molecular flexibility index (Phi) is 5.30. The van der Waals surface area contributed by atoms with Crippen molar-refractivity contribution in [2.24, 2.45) is 0 Å². The Morgan fingerprint density at radius 3 is 2.59 bits per heavy atom. The maximum absolute atomic E-state index is 13.5. The molecule has 0 unspecified atom stereocenters. The molecule has 0 bridgehead atoms. The molecule has 0 aromatic heterocycles. The van der Waals surface area contributed by atoms with Crippen LogP contribution in [-0.2, 0) is 21.3 Å². The third kappa shape index (κ3) is 4.11. The SMILES string of the molecule is COC1CC(S(=O)(=O)NCc2ccc(OC(F)F)c(F)c2)C1. The lowest BCUT2D eigenvalue weighted by Gasteiger charge is -2.33. The molecular formula is C13H16F3NO4S. The summed E-state index contributed by atoms with van der Waals surface area (Å²) in [6, 6.07) is 3.32. The van der Waals surface area contributed by atoms with Gasteiger partial charge in [0.25, 0.3) is 0 Å². The summed E-state index contributed by atoms with van der Waals surface area (Å²) < 4.78 is 72.8. The van der Waals surface area contributed by atoms with Gasteiger partial charge >= 0.3 is 6.61 Å². The molecule has 0 heterocycles. The van der Waals surface area contributed by atoms with Gasteiger partial charge in [-0.05, 0) is 30.5 Å². The molecule has 1 fully saturated rings. The first-order valence-corrected chi connectivity index (χ1v) is 8.11. The quantitative estimate of drug-likeness (QED) is 0.825. The Morgan fingerprint density at radius 1 is 1.36 bits per heavy atom. The Balaban J connectivity index is 1.93. The largest absolute Gasteiger partial charge is 0.432 e. The predicted octanol–water partition coefficient (Wildman–Crippen LogP) is 2.02. The van der Waals surface area contributed by atoms with Crippen LogP contribution >= 0.6 is 0 Å². The van der Waals surface area contributed by atoms with E-state index in [9.17, 15) is 21.6 Å². The zero-order chi connectivity index (χ0) is 16.3. The highest BCUT2D eigenvalue weighted by Crippen LogP contribution is 2.28. The minimum absolute atomic E-state index is 0.0511. The van der Waals surface area contributed by atoms with E-state index < -0.39 is 33.5 Å². The number of halogens is 3. The van der Waals surface area contributed by atoms with Crippen LogP contribution in [0.2, 0.25) is 0 Å². The van der Waals surface area contributed by atoms with E-state index in [1.807, 2.05) is 0 Å². The van der Waals surface area contributed by atoms with Gasteiger partial charge in [-0.1, -0.05) is 6.07 Å². The van der Waals surface area contributed by atoms with E-state index in [1.165, 1.54) is 13.2 Å². The first-order valence-electron chi connectivity index (χ1n) is 6.56. The van der Waals surface area contributed by atoms with Crippen LogP contribution in [-0.4, -0.2) is 33.5 Å². The normalized spacial score (nSPS) is 21.7. The zero-order valence-corrected chi connectivity index (χ0v) is 12.6. The molecule has 0 atom stereocenters. The highest BCUT2D eigenvalue weighted by Gasteiger charge is 2.38. The molecule has 9 heteroatoms. The fraction of sp³-hybridized carbons (Fsp3) is 0.538. The Hall–Kier alpha value is -1.32. The number of benzene rings is 1. The fourth-order valence-corrected chi connectivity index (χ4v) is 3.65. The lowest BCUT2D eigenvalue weighted by molar-refractivity contribution is -0.0522. The highest BCUT2D eigenvalue weighted by atomic mass is 32.2. The number of ether oxygens (including phenoxy) is 2. The van der Waals surface area contributed by atoms with Gasteiger partial charge in [-0.25, -0.2) is 17.5 Å². The zero-order valence-electron chi connectivity index (χ0n) is 11.8. The summed E-state index contributed by atoms with van der Waals surface area (Å²) in [5, 5.41) is -0.524. The molecule has 2 rings (SSSR count). The van der Waals surface area contributed by atoms with Crippen LogP contribution in [0, 0.1) is 5.82 Å². The summed E-state index contributed by atoms with van der Waals surface area (Å²) in [7, 11) is -1.99. The molecular weight excluding hydrogens is 323 g/mol. The molecule has 124 valence electrons. The second-order valence-corrected chi connectivity index (χ2v) is 7.01. The molecule has 1 aliphatic carbocycles. The molecule has 5 nitrogen and oxygen atoms in total. The van der Waals surface area contributed by atoms with Crippen molar-refractivity contribution in [1.29, 1.82) is 0 Å². The maximum atomic E-state index is 13.5. The van der Waals surface area contributed by atoms with Gasteiger partial charge in [0.2, 0.25) is 10.0 Å². The van der Waals surface area contributed by atoms with Gasteiger partial charge in [-0.2, -0.15) is 8.78 Å². The summed E-state index contributed by atoms with van der Waals surface area (Å²) in [6.45, 7) is -3.24. The number of alkyl halides is 2. The second-order valence-electron chi connectivity index (χ2n) is 4.96. The average Bonchev–Trinajstić information content (AvgIpc) is 2.37. The van der Waals surface area contributed by atoms with Gasteiger partial charge in [0.05, 0.1) is 11.4 Å². The van der Waals surface area contributed by atoms with Gasteiger partial charge in [0.1, 0.15) is 0 Å². The molecule has 0 saturated heterocycles. The predicted molar refractivity (Wildman–Crippen MR) is 72.6 cm³/mol. The van der Waals surface area contributed by atoms with Crippen LogP contribution in [0.1, 0.15) is 18.4 Å². The van der Waals surface area contributed by atoms with Gasteiger partial charge in [0.15, 0.2) is 11.6 Å².